The minimum Gasteiger partial charge on any atom is -0.391 e. The number of likely N-dealkylation sites (N-methyl/N-ethyl adjacent to an activating group) is 1. The second-order valence-electron chi connectivity index (χ2n) is 6.16. The molecule has 0 aromatic rings. The van der Waals surface area contributed by atoms with Crippen molar-refractivity contribution in [3.05, 3.63) is 0 Å². The maximum absolute atomic E-state index is 10.2. The average Bonchev–Trinajstić information content (AvgIpc) is 2.76. The van der Waals surface area contributed by atoms with Crippen LogP contribution < -0.4 is 0 Å². The number of rotatable bonds is 3. The van der Waals surface area contributed by atoms with Gasteiger partial charge < -0.3 is 9.84 Å². The van der Waals surface area contributed by atoms with Gasteiger partial charge in [0.2, 0.25) is 0 Å². The lowest BCUT2D eigenvalue weighted by molar-refractivity contribution is -0.00144. The van der Waals surface area contributed by atoms with Crippen molar-refractivity contribution in [1.82, 2.24) is 9.80 Å². The molecule has 0 aromatic carbocycles. The molecule has 2 unspecified atom stereocenters. The van der Waals surface area contributed by atoms with Crippen LogP contribution >= 0.6 is 0 Å². The third-order valence-electron chi connectivity index (χ3n) is 4.35. The molecule has 0 aliphatic carbocycles. The van der Waals surface area contributed by atoms with Crippen molar-refractivity contribution in [2.75, 3.05) is 46.4 Å². The molecule has 2 aliphatic heterocycles. The Morgan fingerprint density at radius 3 is 2.76 bits per heavy atom. The van der Waals surface area contributed by atoms with E-state index in [4.69, 9.17) is 4.74 Å². The lowest BCUT2D eigenvalue weighted by atomic mass is 9.97. The Balaban J connectivity index is 1.83. The van der Waals surface area contributed by atoms with Crippen LogP contribution in [0.4, 0.5) is 0 Å². The fraction of sp³-hybridized carbons (Fsp3) is 1.00. The number of aliphatic hydroxyl groups is 1. The zero-order chi connectivity index (χ0) is 12.5. The lowest BCUT2D eigenvalue weighted by Crippen LogP contribution is -2.58. The second kappa shape index (κ2) is 5.22. The molecule has 2 aliphatic rings. The molecule has 2 heterocycles. The van der Waals surface area contributed by atoms with Crippen LogP contribution in [0.25, 0.3) is 0 Å². The van der Waals surface area contributed by atoms with Crippen LogP contribution in [-0.4, -0.2) is 73.0 Å². The highest BCUT2D eigenvalue weighted by Crippen LogP contribution is 2.22. The Bertz CT molecular complexity index is 252. The van der Waals surface area contributed by atoms with Crippen LogP contribution in [0, 0.1) is 5.92 Å². The zero-order valence-electron chi connectivity index (χ0n) is 11.4. The summed E-state index contributed by atoms with van der Waals surface area (Å²) in [7, 11) is 2.18. The summed E-state index contributed by atoms with van der Waals surface area (Å²) in [5.74, 6) is 0.345. The van der Waals surface area contributed by atoms with Gasteiger partial charge in [-0.15, -0.1) is 0 Å². The molecule has 0 bridgehead atoms. The molecule has 0 aromatic heterocycles. The predicted octanol–water partition coefficient (Wildman–Crippen LogP) is 0.410. The largest absolute Gasteiger partial charge is 0.391 e. The summed E-state index contributed by atoms with van der Waals surface area (Å²) in [6.07, 6.45) is 0.787. The topological polar surface area (TPSA) is 35.9 Å². The molecule has 2 saturated heterocycles. The molecule has 2 fully saturated rings. The van der Waals surface area contributed by atoms with Crippen LogP contribution in [0.1, 0.15) is 20.3 Å². The maximum Gasteiger partial charge on any atom is 0.0718 e. The summed E-state index contributed by atoms with van der Waals surface area (Å²) in [4.78, 5) is 4.79. The first-order valence-corrected chi connectivity index (χ1v) is 6.68. The Morgan fingerprint density at radius 2 is 2.18 bits per heavy atom. The van der Waals surface area contributed by atoms with Crippen molar-refractivity contribution in [3.63, 3.8) is 0 Å². The van der Waals surface area contributed by atoms with Crippen molar-refractivity contribution < 1.29 is 9.84 Å². The van der Waals surface area contributed by atoms with Crippen LogP contribution in [0.3, 0.4) is 0 Å². The molecule has 0 amide bonds. The van der Waals surface area contributed by atoms with E-state index in [2.05, 4.69) is 30.7 Å². The first-order valence-electron chi connectivity index (χ1n) is 6.68. The smallest absolute Gasteiger partial charge is 0.0718 e. The number of aliphatic hydroxyl groups excluding tert-OH is 1. The van der Waals surface area contributed by atoms with Gasteiger partial charge >= 0.3 is 0 Å². The minimum atomic E-state index is -0.225. The van der Waals surface area contributed by atoms with Gasteiger partial charge in [0, 0.05) is 44.2 Å². The highest BCUT2D eigenvalue weighted by molar-refractivity contribution is 4.89. The molecule has 2 atom stereocenters. The van der Waals surface area contributed by atoms with Gasteiger partial charge in [-0.3, -0.25) is 9.80 Å². The van der Waals surface area contributed by atoms with Crippen molar-refractivity contribution in [3.8, 4) is 0 Å². The summed E-state index contributed by atoms with van der Waals surface area (Å²) in [6.45, 7) is 10.1. The Morgan fingerprint density at radius 1 is 1.41 bits per heavy atom. The van der Waals surface area contributed by atoms with E-state index in [9.17, 15) is 5.11 Å². The highest BCUT2D eigenvalue weighted by Gasteiger charge is 2.33. The Hall–Kier alpha value is -0.160. The quantitative estimate of drug-likeness (QED) is 0.777. The van der Waals surface area contributed by atoms with Crippen molar-refractivity contribution in [2.24, 2.45) is 5.92 Å². The van der Waals surface area contributed by atoms with Crippen LogP contribution in [0.2, 0.25) is 0 Å². The number of hydrogen-bond donors (Lipinski definition) is 1. The summed E-state index contributed by atoms with van der Waals surface area (Å²) in [6, 6.07) is 0. The monoisotopic (exact) mass is 242 g/mol. The van der Waals surface area contributed by atoms with E-state index >= 15 is 0 Å². The molecule has 0 spiro atoms. The standard InChI is InChI=1S/C13H26N2O2/c1-13(2)10-15(6-5-14(13)3)8-12(16)11-4-7-17-9-11/h11-12,16H,4-10H2,1-3H3. The molecule has 1 N–H and O–H groups in total. The molecular weight excluding hydrogens is 216 g/mol. The van der Waals surface area contributed by atoms with Gasteiger partial charge in [-0.1, -0.05) is 0 Å². The summed E-state index contributed by atoms with van der Waals surface area (Å²) >= 11 is 0. The second-order valence-corrected chi connectivity index (χ2v) is 6.16. The van der Waals surface area contributed by atoms with Crippen molar-refractivity contribution in [1.29, 1.82) is 0 Å². The molecule has 4 nitrogen and oxygen atoms in total. The number of nitrogens with zero attached hydrogens (tertiary/aromatic N) is 2. The Kier molecular flexibility index (Phi) is 4.08. The van der Waals surface area contributed by atoms with Crippen molar-refractivity contribution in [2.45, 2.75) is 31.9 Å². The van der Waals surface area contributed by atoms with E-state index in [-0.39, 0.29) is 11.6 Å². The van der Waals surface area contributed by atoms with E-state index in [1.807, 2.05) is 0 Å². The molecule has 0 radical (unpaired) electrons. The van der Waals surface area contributed by atoms with Gasteiger partial charge in [-0.25, -0.2) is 0 Å². The van der Waals surface area contributed by atoms with Crippen LogP contribution in [-0.2, 0) is 4.74 Å². The van der Waals surface area contributed by atoms with E-state index in [0.29, 0.717) is 5.92 Å². The Labute approximate surface area is 105 Å². The molecule has 17 heavy (non-hydrogen) atoms. The fourth-order valence-electron chi connectivity index (χ4n) is 2.77. The lowest BCUT2D eigenvalue weighted by Gasteiger charge is -2.46. The van der Waals surface area contributed by atoms with Crippen molar-refractivity contribution >= 4 is 0 Å². The zero-order valence-corrected chi connectivity index (χ0v) is 11.4. The summed E-state index contributed by atoms with van der Waals surface area (Å²) in [5.41, 5.74) is 0.212. The first-order chi connectivity index (χ1) is 7.99. The van der Waals surface area contributed by atoms with E-state index in [1.165, 1.54) is 0 Å². The highest BCUT2D eigenvalue weighted by atomic mass is 16.5. The molecule has 0 saturated carbocycles. The SMILES string of the molecule is CN1CCN(CC(O)C2CCOC2)CC1(C)C. The molecule has 100 valence electrons. The van der Waals surface area contributed by atoms with Gasteiger partial charge in [0.1, 0.15) is 0 Å². The molecular formula is C13H26N2O2. The van der Waals surface area contributed by atoms with Gasteiger partial charge in [0.25, 0.3) is 0 Å². The average molecular weight is 242 g/mol. The third kappa shape index (κ3) is 3.19. The number of ether oxygens (including phenoxy) is 1. The van der Waals surface area contributed by atoms with Crippen LogP contribution in [0.5, 0.6) is 0 Å². The third-order valence-corrected chi connectivity index (χ3v) is 4.35. The number of piperazine rings is 1. The van der Waals surface area contributed by atoms with Gasteiger partial charge in [-0.2, -0.15) is 0 Å². The predicted molar refractivity (Wildman–Crippen MR) is 68.1 cm³/mol. The van der Waals surface area contributed by atoms with E-state index in [1.54, 1.807) is 0 Å². The van der Waals surface area contributed by atoms with E-state index < -0.39 is 0 Å². The minimum absolute atomic E-state index is 0.212. The van der Waals surface area contributed by atoms with E-state index in [0.717, 1.165) is 45.8 Å². The summed E-state index contributed by atoms with van der Waals surface area (Å²) in [5, 5.41) is 10.2. The first kappa shape index (κ1) is 13.3. The van der Waals surface area contributed by atoms with Gasteiger partial charge in [0.05, 0.1) is 12.7 Å². The fourth-order valence-corrected chi connectivity index (χ4v) is 2.77. The molecule has 4 heteroatoms. The maximum atomic E-state index is 10.2. The summed E-state index contributed by atoms with van der Waals surface area (Å²) < 4.78 is 5.34. The number of β-amino-alcohol motifs (C(OH)–C–C–N with tert-alkyl or cyclic N) is 1. The number of hydrogen-bond acceptors (Lipinski definition) is 4. The molecule has 2 rings (SSSR count). The van der Waals surface area contributed by atoms with Gasteiger partial charge in [-0.05, 0) is 27.3 Å². The van der Waals surface area contributed by atoms with Crippen LogP contribution in [0.15, 0.2) is 0 Å². The van der Waals surface area contributed by atoms with Gasteiger partial charge in [0.15, 0.2) is 0 Å². The normalized spacial score (nSPS) is 32.8.